The molecule has 0 radical (unpaired) electrons. The lowest BCUT2D eigenvalue weighted by Gasteiger charge is -2.05. The van der Waals surface area contributed by atoms with Gasteiger partial charge in [-0.1, -0.05) is 35.4 Å². The van der Waals surface area contributed by atoms with Crippen LogP contribution in [0.4, 0.5) is 5.69 Å². The Morgan fingerprint density at radius 1 is 1.50 bits per heavy atom. The van der Waals surface area contributed by atoms with Crippen molar-refractivity contribution in [3.63, 3.8) is 0 Å². The minimum atomic E-state index is 0.454. The Labute approximate surface area is 108 Å². The molecule has 5 heteroatoms. The maximum Gasteiger partial charge on any atom is 0.131 e. The van der Waals surface area contributed by atoms with E-state index in [1.54, 1.807) is 11.3 Å². The average molecular weight is 273 g/mol. The normalized spacial score (nSPS) is 11.4. The summed E-state index contributed by atoms with van der Waals surface area (Å²) in [5.41, 5.74) is 1.74. The van der Waals surface area contributed by atoms with Gasteiger partial charge in [-0.25, -0.2) is 4.98 Å². The second-order valence-corrected chi connectivity index (χ2v) is 4.88. The lowest BCUT2D eigenvalue weighted by Crippen LogP contribution is -1.98. The average Bonchev–Trinajstić information content (AvgIpc) is 2.61. The summed E-state index contributed by atoms with van der Waals surface area (Å²) in [4.78, 5) is 4.21. The number of thiophene rings is 1. The third kappa shape index (κ3) is 2.32. The first-order chi connectivity index (χ1) is 7.72. The lowest BCUT2D eigenvalue weighted by molar-refractivity contribution is 1.32. The van der Waals surface area contributed by atoms with E-state index >= 15 is 0 Å². The molecule has 0 amide bonds. The van der Waals surface area contributed by atoms with Crippen molar-refractivity contribution in [3.8, 4) is 0 Å². The van der Waals surface area contributed by atoms with Gasteiger partial charge in [0.2, 0.25) is 0 Å². The van der Waals surface area contributed by atoms with Gasteiger partial charge in [-0.2, -0.15) is 0 Å². The van der Waals surface area contributed by atoms with Crippen LogP contribution in [0.5, 0.6) is 0 Å². The molecular formula is C11H10Cl2N2S. The third-order valence-electron chi connectivity index (χ3n) is 2.09. The smallest absolute Gasteiger partial charge is 0.131 e. The minimum absolute atomic E-state index is 0.454. The molecule has 0 unspecified atom stereocenters. The van der Waals surface area contributed by atoms with Crippen molar-refractivity contribution in [1.82, 2.24) is 4.98 Å². The molecule has 84 valence electrons. The zero-order valence-corrected chi connectivity index (χ0v) is 11.0. The van der Waals surface area contributed by atoms with Crippen LogP contribution in [0, 0.1) is 0 Å². The van der Waals surface area contributed by atoms with Crippen molar-refractivity contribution in [1.29, 1.82) is 0 Å². The fraction of sp³-hybridized carbons (Fsp3) is 0.182. The van der Waals surface area contributed by atoms with Gasteiger partial charge in [0.15, 0.2) is 0 Å². The fourth-order valence-corrected chi connectivity index (χ4v) is 2.75. The first-order valence-corrected chi connectivity index (χ1v) is 6.44. The highest BCUT2D eigenvalue weighted by Gasteiger charge is 2.09. The van der Waals surface area contributed by atoms with Crippen LogP contribution in [0.15, 0.2) is 23.6 Å². The first-order valence-electron chi connectivity index (χ1n) is 4.80. The SMILES string of the molecule is C/C=C/CNc1cc(Cl)nc2c(Cl)csc12. The number of hydrogen-bond donors (Lipinski definition) is 1. The number of fused-ring (bicyclic) bond motifs is 1. The Bertz CT molecular complexity index is 534. The molecule has 0 aliphatic carbocycles. The minimum Gasteiger partial charge on any atom is -0.380 e. The van der Waals surface area contributed by atoms with E-state index in [0.717, 1.165) is 22.4 Å². The summed E-state index contributed by atoms with van der Waals surface area (Å²) in [5.74, 6) is 0. The molecule has 0 saturated carbocycles. The molecule has 16 heavy (non-hydrogen) atoms. The molecule has 2 heterocycles. The van der Waals surface area contributed by atoms with Crippen LogP contribution in [-0.4, -0.2) is 11.5 Å². The molecule has 0 fully saturated rings. The largest absolute Gasteiger partial charge is 0.380 e. The number of anilines is 1. The molecule has 2 nitrogen and oxygen atoms in total. The zero-order chi connectivity index (χ0) is 11.5. The Balaban J connectivity index is 2.43. The van der Waals surface area contributed by atoms with Gasteiger partial charge in [-0.15, -0.1) is 11.3 Å². The number of pyridine rings is 1. The second kappa shape index (κ2) is 5.04. The maximum atomic E-state index is 6.03. The van der Waals surface area contributed by atoms with Crippen LogP contribution < -0.4 is 5.32 Å². The van der Waals surface area contributed by atoms with Crippen LogP contribution >= 0.6 is 34.5 Å². The number of allylic oxidation sites excluding steroid dienone is 1. The van der Waals surface area contributed by atoms with E-state index in [1.165, 1.54) is 0 Å². The van der Waals surface area contributed by atoms with Gasteiger partial charge in [0, 0.05) is 18.0 Å². The summed E-state index contributed by atoms with van der Waals surface area (Å²) in [6, 6.07) is 1.82. The highest BCUT2D eigenvalue weighted by molar-refractivity contribution is 7.18. The summed E-state index contributed by atoms with van der Waals surface area (Å²) in [6.07, 6.45) is 4.03. The summed E-state index contributed by atoms with van der Waals surface area (Å²) in [5, 5.41) is 6.26. The van der Waals surface area contributed by atoms with Crippen LogP contribution in [0.25, 0.3) is 10.2 Å². The molecule has 2 rings (SSSR count). The highest BCUT2D eigenvalue weighted by atomic mass is 35.5. The van der Waals surface area contributed by atoms with E-state index in [0.29, 0.717) is 10.2 Å². The van der Waals surface area contributed by atoms with Crippen molar-refractivity contribution in [3.05, 3.63) is 33.8 Å². The molecule has 0 aliphatic heterocycles. The molecule has 2 aromatic rings. The molecule has 1 N–H and O–H groups in total. The maximum absolute atomic E-state index is 6.03. The molecule has 0 bridgehead atoms. The number of aromatic nitrogens is 1. The van der Waals surface area contributed by atoms with Gasteiger partial charge < -0.3 is 5.32 Å². The van der Waals surface area contributed by atoms with Crippen LogP contribution in [0.3, 0.4) is 0 Å². The van der Waals surface area contributed by atoms with Gasteiger partial charge in [0.05, 0.1) is 15.4 Å². The Hall–Kier alpha value is -0.770. The predicted octanol–water partition coefficient (Wildman–Crippen LogP) is 4.59. The predicted molar refractivity (Wildman–Crippen MR) is 72.9 cm³/mol. The Kier molecular flexibility index (Phi) is 3.69. The summed E-state index contributed by atoms with van der Waals surface area (Å²) >= 11 is 13.5. The van der Waals surface area contributed by atoms with Crippen molar-refractivity contribution in [2.75, 3.05) is 11.9 Å². The number of nitrogens with zero attached hydrogens (tertiary/aromatic N) is 1. The molecule has 0 aromatic carbocycles. The van der Waals surface area contributed by atoms with E-state index in [-0.39, 0.29) is 0 Å². The van der Waals surface area contributed by atoms with E-state index in [4.69, 9.17) is 23.2 Å². The van der Waals surface area contributed by atoms with Gasteiger partial charge in [0.1, 0.15) is 10.7 Å². The molecule has 0 saturated heterocycles. The zero-order valence-electron chi connectivity index (χ0n) is 8.63. The first kappa shape index (κ1) is 11.7. The monoisotopic (exact) mass is 272 g/mol. The second-order valence-electron chi connectivity index (χ2n) is 3.20. The van der Waals surface area contributed by atoms with Gasteiger partial charge in [-0.3, -0.25) is 0 Å². The Morgan fingerprint density at radius 3 is 3.06 bits per heavy atom. The van der Waals surface area contributed by atoms with E-state index in [1.807, 2.05) is 30.5 Å². The van der Waals surface area contributed by atoms with Crippen molar-refractivity contribution >= 4 is 50.4 Å². The molecule has 0 spiro atoms. The lowest BCUT2D eigenvalue weighted by atomic mass is 10.3. The standard InChI is InChI=1S/C11H10Cl2N2S/c1-2-3-4-14-8-5-9(13)15-10-7(12)6-16-11(8)10/h2-3,5-6H,4H2,1H3,(H,14,15)/b3-2+. The third-order valence-corrected chi connectivity index (χ3v) is 3.71. The summed E-state index contributed by atoms with van der Waals surface area (Å²) < 4.78 is 1.04. The fourth-order valence-electron chi connectivity index (χ4n) is 1.37. The molecular weight excluding hydrogens is 263 g/mol. The number of hydrogen-bond acceptors (Lipinski definition) is 3. The van der Waals surface area contributed by atoms with Gasteiger partial charge >= 0.3 is 0 Å². The van der Waals surface area contributed by atoms with Crippen molar-refractivity contribution < 1.29 is 0 Å². The number of nitrogens with one attached hydrogen (secondary N) is 1. The van der Waals surface area contributed by atoms with E-state index in [2.05, 4.69) is 10.3 Å². The molecule has 2 aromatic heterocycles. The van der Waals surface area contributed by atoms with Crippen LogP contribution in [-0.2, 0) is 0 Å². The molecule has 0 atom stereocenters. The van der Waals surface area contributed by atoms with Crippen LogP contribution in [0.2, 0.25) is 10.2 Å². The number of halogens is 2. The van der Waals surface area contributed by atoms with E-state index in [9.17, 15) is 0 Å². The van der Waals surface area contributed by atoms with Crippen molar-refractivity contribution in [2.24, 2.45) is 0 Å². The van der Waals surface area contributed by atoms with Crippen molar-refractivity contribution in [2.45, 2.75) is 6.92 Å². The van der Waals surface area contributed by atoms with Gasteiger partial charge in [-0.05, 0) is 6.92 Å². The van der Waals surface area contributed by atoms with Gasteiger partial charge in [0.25, 0.3) is 0 Å². The topological polar surface area (TPSA) is 24.9 Å². The molecule has 0 aliphatic rings. The quantitative estimate of drug-likeness (QED) is 0.653. The highest BCUT2D eigenvalue weighted by Crippen LogP contribution is 2.35. The van der Waals surface area contributed by atoms with E-state index < -0.39 is 0 Å². The summed E-state index contributed by atoms with van der Waals surface area (Å²) in [6.45, 7) is 2.75. The Morgan fingerprint density at radius 2 is 2.31 bits per heavy atom. The summed E-state index contributed by atoms with van der Waals surface area (Å²) in [7, 11) is 0. The number of rotatable bonds is 3. The van der Waals surface area contributed by atoms with Crippen LogP contribution in [0.1, 0.15) is 6.92 Å².